The predicted octanol–water partition coefficient (Wildman–Crippen LogP) is 0.141. The lowest BCUT2D eigenvalue weighted by atomic mass is 10.9. The Labute approximate surface area is 48.0 Å². The molecule has 0 aromatic rings. The van der Waals surface area contributed by atoms with E-state index in [0.717, 1.165) is 13.2 Å². The van der Waals surface area contributed by atoms with E-state index in [1.54, 1.807) is 0 Å². The molecular weight excluding hydrogens is 130 g/mol. The first-order valence-corrected chi connectivity index (χ1v) is 3.75. The zero-order valence-electron chi connectivity index (χ0n) is 4.63. The van der Waals surface area contributed by atoms with Crippen LogP contribution in [0.25, 0.3) is 0 Å². The summed E-state index contributed by atoms with van der Waals surface area (Å²) in [4.78, 5) is 9.94. The summed E-state index contributed by atoms with van der Waals surface area (Å²) in [6.45, 7) is 1.11. The van der Waals surface area contributed by atoms with Gasteiger partial charge in [-0.05, 0) is 0 Å². The van der Waals surface area contributed by atoms with Gasteiger partial charge in [-0.15, -0.1) is 0 Å². The zero-order valence-corrected chi connectivity index (χ0v) is 5.45. The Balaban J connectivity index is 3.95. The van der Waals surface area contributed by atoms with Crippen LogP contribution in [-0.2, 0) is 19.0 Å². The Morgan fingerprint density at radius 2 is 2.12 bits per heavy atom. The molecule has 0 aliphatic rings. The number of hydrogen-bond acceptors (Lipinski definition) is 4. The first-order chi connectivity index (χ1) is 3.42. The zero-order chi connectivity index (χ0) is 6.78. The van der Waals surface area contributed by atoms with Gasteiger partial charge in [0.1, 0.15) is 0 Å². The molecule has 0 rings (SSSR count). The largest absolute Gasteiger partial charge is 0.360 e. The van der Waals surface area contributed by atoms with Crippen LogP contribution in [0.15, 0.2) is 0 Å². The molecule has 0 radical (unpaired) electrons. The van der Waals surface area contributed by atoms with Gasteiger partial charge in [0.05, 0.1) is 6.26 Å². The van der Waals surface area contributed by atoms with Gasteiger partial charge in [0.25, 0.3) is 0 Å². The highest BCUT2D eigenvalue weighted by Crippen LogP contribution is 1.86. The average molecular weight is 137 g/mol. The van der Waals surface area contributed by atoms with E-state index in [2.05, 4.69) is 4.18 Å². The molecule has 0 spiro atoms. The number of carbonyl (C=O) groups excluding carboxylic acids is 1. The molecule has 8 heavy (non-hydrogen) atoms. The maximum absolute atomic E-state index is 10.2. The highest BCUT2D eigenvalue weighted by Gasteiger charge is 1.98. The van der Waals surface area contributed by atoms with Gasteiger partial charge in [0.15, 0.2) is 0 Å². The molecule has 4 nitrogen and oxygen atoms in total. The van der Waals surface area contributed by atoms with E-state index in [4.69, 9.17) is 4.78 Å². The number of nitrogens with one attached hydrogen (secondary N) is 1. The van der Waals surface area contributed by atoms with Gasteiger partial charge in [-0.2, -0.15) is 0 Å². The SMILES string of the molecule is CC(=O)OS(C)(=N)=O. The van der Waals surface area contributed by atoms with E-state index in [9.17, 15) is 9.00 Å². The normalized spacial score (nSPS) is 16.8. The quantitative estimate of drug-likeness (QED) is 0.559. The van der Waals surface area contributed by atoms with E-state index in [-0.39, 0.29) is 0 Å². The molecule has 1 unspecified atom stereocenters. The van der Waals surface area contributed by atoms with E-state index in [0.29, 0.717) is 0 Å². The Morgan fingerprint density at radius 3 is 2.12 bits per heavy atom. The third kappa shape index (κ3) is 5.42. The molecule has 1 atom stereocenters. The molecule has 0 bridgehead atoms. The van der Waals surface area contributed by atoms with Crippen molar-refractivity contribution in [1.29, 1.82) is 4.78 Å². The van der Waals surface area contributed by atoms with Gasteiger partial charge in [-0.1, -0.05) is 0 Å². The van der Waals surface area contributed by atoms with Gasteiger partial charge in [0.2, 0.25) is 10.0 Å². The van der Waals surface area contributed by atoms with Crippen LogP contribution in [0.4, 0.5) is 0 Å². The van der Waals surface area contributed by atoms with Crippen LogP contribution in [0.1, 0.15) is 6.92 Å². The molecule has 0 saturated heterocycles. The molecule has 0 fully saturated rings. The van der Waals surface area contributed by atoms with Crippen molar-refractivity contribution in [2.45, 2.75) is 6.92 Å². The fraction of sp³-hybridized carbons (Fsp3) is 0.667. The molecule has 5 heteroatoms. The molecule has 1 N–H and O–H groups in total. The maximum Gasteiger partial charge on any atom is 0.317 e. The molecule has 0 aliphatic heterocycles. The standard InChI is InChI=1S/C3H7NO3S/c1-3(5)7-8(2,4)6/h4H,1-2H3. The summed E-state index contributed by atoms with van der Waals surface area (Å²) in [6.07, 6.45) is 1.04. The fourth-order valence-corrected chi connectivity index (χ4v) is 0.672. The van der Waals surface area contributed by atoms with Crippen molar-refractivity contribution < 1.29 is 13.2 Å². The lowest BCUT2D eigenvalue weighted by Gasteiger charge is -1.95. The smallest absolute Gasteiger partial charge is 0.317 e. The van der Waals surface area contributed by atoms with E-state index >= 15 is 0 Å². The molecule has 0 aliphatic carbocycles. The molecular formula is C3H7NO3S. The second kappa shape index (κ2) is 2.13. The summed E-state index contributed by atoms with van der Waals surface area (Å²) >= 11 is 0. The Bertz CT molecular complexity index is 181. The van der Waals surface area contributed by atoms with Crippen LogP contribution < -0.4 is 0 Å². The minimum absolute atomic E-state index is 0.687. The van der Waals surface area contributed by atoms with Crippen LogP contribution in [-0.4, -0.2) is 16.4 Å². The number of hydrogen-bond donors (Lipinski definition) is 1. The minimum Gasteiger partial charge on any atom is -0.360 e. The van der Waals surface area contributed by atoms with Gasteiger partial charge in [-0.25, -0.2) is 8.99 Å². The lowest BCUT2D eigenvalue weighted by Crippen LogP contribution is -2.05. The molecule has 48 valence electrons. The lowest BCUT2D eigenvalue weighted by molar-refractivity contribution is -0.131. The predicted molar refractivity (Wildman–Crippen MR) is 28.6 cm³/mol. The highest BCUT2D eigenvalue weighted by molar-refractivity contribution is 7.87. The molecule has 0 aromatic heterocycles. The third-order valence-electron chi connectivity index (χ3n) is 0.276. The van der Waals surface area contributed by atoms with Crippen molar-refractivity contribution in [2.24, 2.45) is 0 Å². The van der Waals surface area contributed by atoms with Crippen LogP contribution in [0, 0.1) is 4.78 Å². The van der Waals surface area contributed by atoms with Crippen molar-refractivity contribution in [3.8, 4) is 0 Å². The molecule has 0 saturated carbocycles. The number of rotatable bonds is 1. The van der Waals surface area contributed by atoms with Crippen molar-refractivity contribution >= 4 is 16.0 Å². The van der Waals surface area contributed by atoms with Crippen molar-refractivity contribution in [3.63, 3.8) is 0 Å². The van der Waals surface area contributed by atoms with Gasteiger partial charge >= 0.3 is 5.97 Å². The molecule has 0 heterocycles. The summed E-state index contributed by atoms with van der Waals surface area (Å²) in [7, 11) is -3.07. The van der Waals surface area contributed by atoms with Crippen LogP contribution in [0.5, 0.6) is 0 Å². The van der Waals surface area contributed by atoms with Crippen LogP contribution in [0.2, 0.25) is 0 Å². The summed E-state index contributed by atoms with van der Waals surface area (Å²) in [5.41, 5.74) is 0. The average Bonchev–Trinajstić information content (AvgIpc) is 1.21. The Hall–Kier alpha value is -0.580. The second-order valence-electron chi connectivity index (χ2n) is 1.35. The minimum atomic E-state index is -3.07. The first-order valence-electron chi connectivity index (χ1n) is 1.85. The third-order valence-corrected chi connectivity index (χ3v) is 0.829. The maximum atomic E-state index is 10.2. The summed E-state index contributed by atoms with van der Waals surface area (Å²) in [5, 5.41) is 0. The first kappa shape index (κ1) is 7.42. The summed E-state index contributed by atoms with van der Waals surface area (Å²) < 4.78 is 20.8. The van der Waals surface area contributed by atoms with Crippen LogP contribution in [0.3, 0.4) is 0 Å². The molecule has 0 aromatic carbocycles. The van der Waals surface area contributed by atoms with Gasteiger partial charge in [-0.3, -0.25) is 4.79 Å². The Morgan fingerprint density at radius 1 is 1.75 bits per heavy atom. The highest BCUT2D eigenvalue weighted by atomic mass is 32.2. The monoisotopic (exact) mass is 137 g/mol. The van der Waals surface area contributed by atoms with E-state index in [1.807, 2.05) is 0 Å². The summed E-state index contributed by atoms with van der Waals surface area (Å²) in [6, 6.07) is 0. The molecule has 0 amide bonds. The van der Waals surface area contributed by atoms with E-state index < -0.39 is 16.0 Å². The fourth-order valence-electron chi connectivity index (χ4n) is 0.224. The Kier molecular flexibility index (Phi) is 1.97. The van der Waals surface area contributed by atoms with Crippen molar-refractivity contribution in [1.82, 2.24) is 0 Å². The van der Waals surface area contributed by atoms with Crippen molar-refractivity contribution in [3.05, 3.63) is 0 Å². The van der Waals surface area contributed by atoms with Gasteiger partial charge < -0.3 is 4.18 Å². The second-order valence-corrected chi connectivity index (χ2v) is 3.06. The topological polar surface area (TPSA) is 67.2 Å². The summed E-state index contributed by atoms with van der Waals surface area (Å²) in [5.74, 6) is -0.687. The van der Waals surface area contributed by atoms with Crippen molar-refractivity contribution in [2.75, 3.05) is 6.26 Å². The van der Waals surface area contributed by atoms with Crippen LogP contribution >= 0.6 is 0 Å². The van der Waals surface area contributed by atoms with Gasteiger partial charge in [0, 0.05) is 6.92 Å². The number of carbonyl (C=O) groups is 1. The van der Waals surface area contributed by atoms with E-state index in [1.165, 1.54) is 0 Å².